The maximum absolute atomic E-state index is 4.93. The molecule has 0 fully saturated rings. The van der Waals surface area contributed by atoms with Crippen LogP contribution in [0.3, 0.4) is 0 Å². The molecule has 0 radical (unpaired) electrons. The van der Waals surface area contributed by atoms with Crippen molar-refractivity contribution in [1.29, 1.82) is 0 Å². The average molecular weight is 132 g/mol. The molecule has 0 saturated heterocycles. The Bertz CT molecular complexity index is 114. The highest BCUT2D eigenvalue weighted by Gasteiger charge is 1.77. The number of nitrogens with two attached hydrogens (primary N) is 2. The van der Waals surface area contributed by atoms with Crippen LogP contribution in [0.25, 0.3) is 0 Å². The van der Waals surface area contributed by atoms with E-state index in [1.165, 1.54) is 0 Å². The number of guanidine groups is 1. The predicted octanol–water partition coefficient (Wildman–Crippen LogP) is -0.835. The second-order valence-electron chi connectivity index (χ2n) is 1.10. The molecular weight excluding hydrogens is 124 g/mol. The van der Waals surface area contributed by atoms with Crippen LogP contribution >= 0.6 is 12.6 Å². The van der Waals surface area contributed by atoms with Crippen LogP contribution in [0, 0.1) is 0 Å². The number of rotatable bonds is 2. The third kappa shape index (κ3) is 5.16. The summed E-state index contributed by atoms with van der Waals surface area (Å²) < 4.78 is 0. The van der Waals surface area contributed by atoms with Gasteiger partial charge in [-0.2, -0.15) is 0 Å². The second-order valence-corrected chi connectivity index (χ2v) is 1.64. The Morgan fingerprint density at radius 2 is 2.12 bits per heavy atom. The van der Waals surface area contributed by atoms with Gasteiger partial charge in [0.2, 0.25) is 5.96 Å². The van der Waals surface area contributed by atoms with Crippen molar-refractivity contribution < 1.29 is 0 Å². The molecule has 0 saturated carbocycles. The van der Waals surface area contributed by atoms with Crippen molar-refractivity contribution in [3.05, 3.63) is 11.6 Å². The van der Waals surface area contributed by atoms with E-state index >= 15 is 0 Å². The number of hydrazone groups is 1. The van der Waals surface area contributed by atoms with E-state index in [0.29, 0.717) is 5.03 Å². The predicted molar refractivity (Wildman–Crippen MR) is 37.1 cm³/mol. The van der Waals surface area contributed by atoms with Gasteiger partial charge in [-0.15, -0.1) is 17.7 Å². The summed E-state index contributed by atoms with van der Waals surface area (Å²) in [5, 5.41) is 3.77. The summed E-state index contributed by atoms with van der Waals surface area (Å²) in [7, 11) is 0. The van der Waals surface area contributed by atoms with Gasteiger partial charge in [-0.25, -0.2) is 0 Å². The Morgan fingerprint density at radius 3 is 2.25 bits per heavy atom. The zero-order valence-electron chi connectivity index (χ0n) is 4.26. The molecule has 4 nitrogen and oxygen atoms in total. The van der Waals surface area contributed by atoms with Crippen molar-refractivity contribution in [3.8, 4) is 0 Å². The molecule has 0 aromatic heterocycles. The van der Waals surface area contributed by atoms with Crippen LogP contribution in [-0.4, -0.2) is 5.96 Å². The lowest BCUT2D eigenvalue weighted by Gasteiger charge is -1.93. The van der Waals surface area contributed by atoms with Crippen molar-refractivity contribution in [1.82, 2.24) is 5.43 Å². The Hall–Kier alpha value is -0.840. The highest BCUT2D eigenvalue weighted by atomic mass is 32.1. The number of nitrogens with zero attached hydrogens (tertiary/aromatic N) is 1. The van der Waals surface area contributed by atoms with Crippen molar-refractivity contribution in [2.75, 3.05) is 0 Å². The molecule has 0 bridgehead atoms. The third-order valence-electron chi connectivity index (χ3n) is 0.314. The smallest absolute Gasteiger partial charge is 0.208 e. The highest BCUT2D eigenvalue weighted by Crippen LogP contribution is 1.85. The summed E-state index contributed by atoms with van der Waals surface area (Å²) in [5.74, 6) is -0.0415. The van der Waals surface area contributed by atoms with E-state index in [1.54, 1.807) is 0 Å². The van der Waals surface area contributed by atoms with E-state index < -0.39 is 0 Å². The van der Waals surface area contributed by atoms with Gasteiger partial charge in [0.05, 0.1) is 5.03 Å². The minimum Gasteiger partial charge on any atom is -0.369 e. The Morgan fingerprint density at radius 1 is 1.62 bits per heavy atom. The SMILES string of the molecule is C=C(S)NN=C(N)N. The summed E-state index contributed by atoms with van der Waals surface area (Å²) in [6, 6.07) is 0. The summed E-state index contributed by atoms with van der Waals surface area (Å²) in [6.45, 7) is 3.36. The first-order chi connectivity index (χ1) is 3.63. The van der Waals surface area contributed by atoms with E-state index in [-0.39, 0.29) is 5.96 Å². The maximum Gasteiger partial charge on any atom is 0.208 e. The standard InChI is InChI=1S/C3H8N4S/c1-2(8)6-7-3(4)5/h6,8H,1H2,(H4,4,5,7). The van der Waals surface area contributed by atoms with E-state index in [1.807, 2.05) is 0 Å². The summed E-state index contributed by atoms with van der Waals surface area (Å²) in [5.41, 5.74) is 12.2. The molecule has 5 heteroatoms. The molecule has 0 atom stereocenters. The first kappa shape index (κ1) is 7.16. The minimum atomic E-state index is -0.0415. The van der Waals surface area contributed by atoms with Gasteiger partial charge in [-0.3, -0.25) is 5.43 Å². The van der Waals surface area contributed by atoms with Crippen LogP contribution in [0.5, 0.6) is 0 Å². The third-order valence-corrected chi connectivity index (χ3v) is 0.414. The van der Waals surface area contributed by atoms with E-state index in [9.17, 15) is 0 Å². The quantitative estimate of drug-likeness (QED) is 0.171. The zero-order chi connectivity index (χ0) is 6.57. The zero-order valence-corrected chi connectivity index (χ0v) is 5.15. The monoisotopic (exact) mass is 132 g/mol. The molecule has 0 aromatic rings. The van der Waals surface area contributed by atoms with Gasteiger partial charge in [0, 0.05) is 0 Å². The minimum absolute atomic E-state index is 0.0415. The fraction of sp³-hybridized carbons (Fsp3) is 0. The maximum atomic E-state index is 4.93. The van der Waals surface area contributed by atoms with Crippen molar-refractivity contribution >= 4 is 18.6 Å². The van der Waals surface area contributed by atoms with Crippen LogP contribution in [0.2, 0.25) is 0 Å². The fourth-order valence-corrected chi connectivity index (χ4v) is 0.179. The number of nitrogens with one attached hydrogen (secondary N) is 1. The molecule has 8 heavy (non-hydrogen) atoms. The summed E-state index contributed by atoms with van der Waals surface area (Å²) in [4.78, 5) is 0. The first-order valence-electron chi connectivity index (χ1n) is 1.85. The summed E-state index contributed by atoms with van der Waals surface area (Å²) >= 11 is 3.75. The molecule has 0 amide bonds. The lowest BCUT2D eigenvalue weighted by atomic mass is 11.0. The molecule has 0 spiro atoms. The molecule has 0 heterocycles. The average Bonchev–Trinajstić information content (AvgIpc) is 1.61. The molecular formula is C3H8N4S. The molecule has 0 unspecified atom stereocenters. The van der Waals surface area contributed by atoms with Gasteiger partial charge in [-0.1, -0.05) is 6.58 Å². The molecule has 5 N–H and O–H groups in total. The molecule has 0 rings (SSSR count). The van der Waals surface area contributed by atoms with Gasteiger partial charge in [-0.05, 0) is 0 Å². The molecule has 0 aromatic carbocycles. The number of thiol groups is 1. The molecule has 46 valence electrons. The lowest BCUT2D eigenvalue weighted by molar-refractivity contribution is 0.946. The van der Waals surface area contributed by atoms with Gasteiger partial charge in [0.25, 0.3) is 0 Å². The van der Waals surface area contributed by atoms with Gasteiger partial charge in [0.1, 0.15) is 0 Å². The molecule has 0 aliphatic heterocycles. The van der Waals surface area contributed by atoms with Crippen molar-refractivity contribution in [3.63, 3.8) is 0 Å². The van der Waals surface area contributed by atoms with Crippen molar-refractivity contribution in [2.45, 2.75) is 0 Å². The number of hydrogen-bond donors (Lipinski definition) is 4. The van der Waals surface area contributed by atoms with Crippen LogP contribution in [0.1, 0.15) is 0 Å². The van der Waals surface area contributed by atoms with Gasteiger partial charge >= 0.3 is 0 Å². The largest absolute Gasteiger partial charge is 0.369 e. The van der Waals surface area contributed by atoms with Crippen LogP contribution in [0.15, 0.2) is 16.7 Å². The van der Waals surface area contributed by atoms with Gasteiger partial charge in [0.15, 0.2) is 0 Å². The van der Waals surface area contributed by atoms with Crippen LogP contribution in [0.4, 0.5) is 0 Å². The fourth-order valence-electron chi connectivity index (χ4n) is 0.129. The van der Waals surface area contributed by atoms with Gasteiger partial charge < -0.3 is 11.5 Å². The van der Waals surface area contributed by atoms with Crippen molar-refractivity contribution in [2.24, 2.45) is 16.6 Å². The Balaban J connectivity index is 3.45. The second kappa shape index (κ2) is 3.20. The Labute approximate surface area is 53.0 Å². The van der Waals surface area contributed by atoms with E-state index in [4.69, 9.17) is 11.5 Å². The number of hydrogen-bond acceptors (Lipinski definition) is 3. The first-order valence-corrected chi connectivity index (χ1v) is 2.30. The highest BCUT2D eigenvalue weighted by molar-refractivity contribution is 7.84. The molecule has 0 aliphatic rings. The topological polar surface area (TPSA) is 76.4 Å². The van der Waals surface area contributed by atoms with Crippen LogP contribution in [-0.2, 0) is 0 Å². The normalized spacial score (nSPS) is 7.62. The van der Waals surface area contributed by atoms with E-state index in [0.717, 1.165) is 0 Å². The summed E-state index contributed by atoms with van der Waals surface area (Å²) in [6.07, 6.45) is 0. The van der Waals surface area contributed by atoms with Crippen LogP contribution < -0.4 is 16.9 Å². The lowest BCUT2D eigenvalue weighted by Crippen LogP contribution is -2.25. The Kier molecular flexibility index (Phi) is 2.86. The van der Waals surface area contributed by atoms with E-state index in [2.05, 4.69) is 29.7 Å². The molecule has 0 aliphatic carbocycles.